The number of hydrogen-bond acceptors (Lipinski definition) is 3. The van der Waals surface area contributed by atoms with E-state index in [2.05, 4.69) is 5.32 Å². The van der Waals surface area contributed by atoms with Gasteiger partial charge >= 0.3 is 5.97 Å². The molecule has 1 aromatic rings. The van der Waals surface area contributed by atoms with E-state index in [0.717, 1.165) is 19.4 Å². The lowest BCUT2D eigenvalue weighted by Gasteiger charge is -2.42. The maximum Gasteiger partial charge on any atom is 0.317 e. The van der Waals surface area contributed by atoms with Crippen LogP contribution in [0.5, 0.6) is 0 Å². The Bertz CT molecular complexity index is 492. The normalized spacial score (nSPS) is 21.6. The van der Waals surface area contributed by atoms with Crippen molar-refractivity contribution in [1.82, 2.24) is 14.8 Å². The van der Waals surface area contributed by atoms with Gasteiger partial charge in [-0.05, 0) is 31.5 Å². The zero-order chi connectivity index (χ0) is 14.7. The Hall–Kier alpha value is -1.82. The van der Waals surface area contributed by atoms with E-state index in [9.17, 15) is 9.59 Å². The van der Waals surface area contributed by atoms with Gasteiger partial charge in [0.1, 0.15) is 5.69 Å². The van der Waals surface area contributed by atoms with Crippen LogP contribution in [0.3, 0.4) is 0 Å². The molecule has 0 unspecified atom stereocenters. The van der Waals surface area contributed by atoms with E-state index in [1.807, 2.05) is 31.1 Å². The molecule has 0 atom stereocenters. The molecule has 1 saturated carbocycles. The third kappa shape index (κ3) is 3.19. The number of hydrogen-bond donors (Lipinski definition) is 2. The van der Waals surface area contributed by atoms with Crippen molar-refractivity contribution < 1.29 is 14.7 Å². The zero-order valence-electron chi connectivity index (χ0n) is 11.9. The largest absolute Gasteiger partial charge is 0.480 e. The molecule has 2 rings (SSSR count). The van der Waals surface area contributed by atoms with Crippen molar-refractivity contribution in [1.29, 1.82) is 0 Å². The van der Waals surface area contributed by atoms with Gasteiger partial charge in [-0.3, -0.25) is 14.5 Å². The van der Waals surface area contributed by atoms with Gasteiger partial charge in [0.15, 0.2) is 0 Å². The van der Waals surface area contributed by atoms with Crippen LogP contribution in [0.4, 0.5) is 0 Å². The summed E-state index contributed by atoms with van der Waals surface area (Å²) < 4.78 is 1.79. The quantitative estimate of drug-likeness (QED) is 0.803. The molecule has 6 nitrogen and oxygen atoms in total. The average molecular weight is 279 g/mol. The molecule has 1 heterocycles. The van der Waals surface area contributed by atoms with Gasteiger partial charge in [-0.1, -0.05) is 6.92 Å². The summed E-state index contributed by atoms with van der Waals surface area (Å²) in [5, 5.41) is 11.8. The molecular formula is C14H21N3O3. The Morgan fingerprint density at radius 1 is 1.50 bits per heavy atom. The Kier molecular flexibility index (Phi) is 4.44. The first-order chi connectivity index (χ1) is 9.51. The first-order valence-corrected chi connectivity index (χ1v) is 6.89. The number of rotatable bonds is 6. The van der Waals surface area contributed by atoms with Crippen LogP contribution in [0.2, 0.25) is 0 Å². The van der Waals surface area contributed by atoms with Crippen LogP contribution in [0, 0.1) is 0 Å². The number of aryl methyl sites for hydroxylation is 1. The fourth-order valence-corrected chi connectivity index (χ4v) is 2.63. The van der Waals surface area contributed by atoms with Gasteiger partial charge in [0.2, 0.25) is 0 Å². The third-order valence-electron chi connectivity index (χ3n) is 3.89. The molecule has 0 spiro atoms. The molecule has 6 heteroatoms. The number of aliphatic carboxylic acids is 1. The maximum absolute atomic E-state index is 12.0. The number of carbonyl (C=O) groups is 2. The topological polar surface area (TPSA) is 74.6 Å². The number of carbonyl (C=O) groups excluding carboxylic acids is 1. The number of nitrogens with one attached hydrogen (secondary N) is 1. The summed E-state index contributed by atoms with van der Waals surface area (Å²) in [4.78, 5) is 24.7. The van der Waals surface area contributed by atoms with Crippen molar-refractivity contribution in [3.63, 3.8) is 0 Å². The van der Waals surface area contributed by atoms with E-state index in [4.69, 9.17) is 5.11 Å². The van der Waals surface area contributed by atoms with Gasteiger partial charge in [-0.25, -0.2) is 0 Å². The van der Waals surface area contributed by atoms with Gasteiger partial charge in [0.05, 0.1) is 6.54 Å². The summed E-state index contributed by atoms with van der Waals surface area (Å²) >= 11 is 0. The van der Waals surface area contributed by atoms with Crippen LogP contribution >= 0.6 is 0 Å². The fourth-order valence-electron chi connectivity index (χ4n) is 2.63. The summed E-state index contributed by atoms with van der Waals surface area (Å²) in [6.07, 6.45) is 3.47. The summed E-state index contributed by atoms with van der Waals surface area (Å²) in [5.74, 6) is -0.870. The highest BCUT2D eigenvalue weighted by Crippen LogP contribution is 2.25. The second-order valence-electron chi connectivity index (χ2n) is 5.26. The van der Waals surface area contributed by atoms with Crippen LogP contribution in [-0.2, 0) is 11.8 Å². The molecule has 2 N–H and O–H groups in total. The lowest BCUT2D eigenvalue weighted by Crippen LogP contribution is -2.54. The lowest BCUT2D eigenvalue weighted by atomic mass is 9.85. The average Bonchev–Trinajstić information content (AvgIpc) is 2.76. The predicted octanol–water partition coefficient (Wildman–Crippen LogP) is 0.692. The summed E-state index contributed by atoms with van der Waals surface area (Å²) in [6, 6.07) is 4.03. The van der Waals surface area contributed by atoms with Gasteiger partial charge in [-0.15, -0.1) is 0 Å². The first kappa shape index (κ1) is 14.6. The molecule has 0 radical (unpaired) electrons. The summed E-state index contributed by atoms with van der Waals surface area (Å²) in [6.45, 7) is 2.74. The Labute approximate surface area is 118 Å². The van der Waals surface area contributed by atoms with Crippen LogP contribution in [-0.4, -0.2) is 51.6 Å². The Morgan fingerprint density at radius 2 is 2.20 bits per heavy atom. The molecule has 1 aromatic heterocycles. The van der Waals surface area contributed by atoms with Crippen LogP contribution in [0.15, 0.2) is 18.3 Å². The van der Waals surface area contributed by atoms with Crippen LogP contribution < -0.4 is 5.32 Å². The summed E-state index contributed by atoms with van der Waals surface area (Å²) in [5.41, 5.74) is 0.645. The minimum atomic E-state index is -0.803. The zero-order valence-corrected chi connectivity index (χ0v) is 11.9. The molecule has 1 fully saturated rings. The third-order valence-corrected chi connectivity index (χ3v) is 3.89. The molecule has 20 heavy (non-hydrogen) atoms. The first-order valence-electron chi connectivity index (χ1n) is 6.89. The van der Waals surface area contributed by atoms with Crippen molar-refractivity contribution >= 4 is 11.9 Å². The van der Waals surface area contributed by atoms with Crippen molar-refractivity contribution in [2.75, 3.05) is 13.1 Å². The van der Waals surface area contributed by atoms with Gasteiger partial charge in [-0.2, -0.15) is 0 Å². The Balaban J connectivity index is 1.80. The minimum absolute atomic E-state index is 0.0674. The molecule has 1 aliphatic carbocycles. The molecule has 0 bridgehead atoms. The minimum Gasteiger partial charge on any atom is -0.480 e. The Morgan fingerprint density at radius 3 is 2.70 bits per heavy atom. The van der Waals surface area contributed by atoms with E-state index in [0.29, 0.717) is 5.69 Å². The molecule has 0 saturated heterocycles. The van der Waals surface area contributed by atoms with E-state index >= 15 is 0 Å². The van der Waals surface area contributed by atoms with Crippen molar-refractivity contribution in [3.8, 4) is 0 Å². The smallest absolute Gasteiger partial charge is 0.317 e. The summed E-state index contributed by atoms with van der Waals surface area (Å²) in [7, 11) is 1.84. The number of carboxylic acids is 1. The van der Waals surface area contributed by atoms with E-state index in [-0.39, 0.29) is 24.5 Å². The molecule has 0 aromatic carbocycles. The number of aromatic nitrogens is 1. The number of nitrogens with zero attached hydrogens (tertiary/aromatic N) is 2. The number of carboxylic acid groups (broad SMARTS) is 1. The van der Waals surface area contributed by atoms with Crippen LogP contribution in [0.1, 0.15) is 30.3 Å². The number of likely N-dealkylation sites (N-methyl/N-ethyl adjacent to an activating group) is 1. The molecule has 1 aliphatic rings. The standard InChI is InChI=1S/C14H21N3O3/c1-3-17(9-13(18)19)11-7-10(8-11)15-14(20)12-5-4-6-16(12)2/h4-6,10-11H,3,7-9H2,1-2H3,(H,15,20)(H,18,19). The second kappa shape index (κ2) is 6.09. The predicted molar refractivity (Wildman–Crippen MR) is 74.6 cm³/mol. The van der Waals surface area contributed by atoms with Gasteiger partial charge in [0, 0.05) is 25.3 Å². The van der Waals surface area contributed by atoms with Crippen molar-refractivity contribution in [2.45, 2.75) is 31.8 Å². The highest BCUT2D eigenvalue weighted by molar-refractivity contribution is 5.93. The van der Waals surface area contributed by atoms with Crippen LogP contribution in [0.25, 0.3) is 0 Å². The molecule has 1 amide bonds. The van der Waals surface area contributed by atoms with Crippen molar-refractivity contribution in [2.24, 2.45) is 7.05 Å². The van der Waals surface area contributed by atoms with E-state index < -0.39 is 5.97 Å². The van der Waals surface area contributed by atoms with E-state index in [1.54, 1.807) is 10.6 Å². The lowest BCUT2D eigenvalue weighted by molar-refractivity contribution is -0.139. The van der Waals surface area contributed by atoms with Gasteiger partial charge in [0.25, 0.3) is 5.91 Å². The SMILES string of the molecule is CCN(CC(=O)O)C1CC(NC(=O)c2cccn2C)C1. The molecule has 0 aliphatic heterocycles. The fraction of sp³-hybridized carbons (Fsp3) is 0.571. The monoisotopic (exact) mass is 279 g/mol. The second-order valence-corrected chi connectivity index (χ2v) is 5.26. The van der Waals surface area contributed by atoms with Crippen molar-refractivity contribution in [3.05, 3.63) is 24.0 Å². The van der Waals surface area contributed by atoms with E-state index in [1.165, 1.54) is 0 Å². The highest BCUT2D eigenvalue weighted by atomic mass is 16.4. The molecule has 110 valence electrons. The maximum atomic E-state index is 12.0. The highest BCUT2D eigenvalue weighted by Gasteiger charge is 2.34. The van der Waals surface area contributed by atoms with Gasteiger partial charge < -0.3 is 15.0 Å². The molecular weight excluding hydrogens is 258 g/mol. The number of amides is 1.